The van der Waals surface area contributed by atoms with Crippen molar-refractivity contribution < 1.29 is 9.90 Å². The van der Waals surface area contributed by atoms with Gasteiger partial charge in [0.2, 0.25) is 0 Å². The predicted molar refractivity (Wildman–Crippen MR) is 38.2 cm³/mol. The Labute approximate surface area is 60.4 Å². The Morgan fingerprint density at radius 3 is 2.40 bits per heavy atom. The van der Waals surface area contributed by atoms with Crippen molar-refractivity contribution in [1.82, 2.24) is 5.43 Å². The lowest BCUT2D eigenvalue weighted by molar-refractivity contribution is -0.140. The van der Waals surface area contributed by atoms with Crippen LogP contribution in [0.2, 0.25) is 0 Å². The van der Waals surface area contributed by atoms with E-state index in [4.69, 9.17) is 10.9 Å². The summed E-state index contributed by atoms with van der Waals surface area (Å²) in [5.74, 6) is 4.20. The lowest BCUT2D eigenvalue weighted by Crippen LogP contribution is -2.45. The lowest BCUT2D eigenvalue weighted by Gasteiger charge is -2.16. The zero-order valence-electron chi connectivity index (χ0n) is 6.29. The highest BCUT2D eigenvalue weighted by molar-refractivity contribution is 5.73. The van der Waals surface area contributed by atoms with E-state index in [2.05, 4.69) is 5.43 Å². The molecule has 0 aromatic heterocycles. The number of rotatable bonds is 4. The van der Waals surface area contributed by atoms with Crippen molar-refractivity contribution in [3.63, 3.8) is 0 Å². The Balaban J connectivity index is 3.92. The number of carboxylic acid groups (broad SMARTS) is 1. The van der Waals surface area contributed by atoms with Gasteiger partial charge in [-0.05, 0) is 5.92 Å². The molecule has 2 atom stereocenters. The summed E-state index contributed by atoms with van der Waals surface area (Å²) >= 11 is 0. The number of carboxylic acids is 1. The van der Waals surface area contributed by atoms with Crippen molar-refractivity contribution in [2.24, 2.45) is 11.8 Å². The molecule has 0 saturated carbocycles. The molecule has 0 fully saturated rings. The van der Waals surface area contributed by atoms with Crippen molar-refractivity contribution in [1.29, 1.82) is 0 Å². The Hall–Kier alpha value is -0.610. The number of carbonyl (C=O) groups is 1. The highest BCUT2D eigenvalue weighted by Gasteiger charge is 2.20. The molecule has 0 aromatic carbocycles. The van der Waals surface area contributed by atoms with E-state index in [0.29, 0.717) is 0 Å². The fraction of sp³-hybridized carbons (Fsp3) is 0.833. The molecule has 0 amide bonds. The van der Waals surface area contributed by atoms with Gasteiger partial charge in [-0.25, -0.2) is 5.43 Å². The van der Waals surface area contributed by atoms with Gasteiger partial charge in [0.05, 0.1) is 0 Å². The average molecular weight is 146 g/mol. The van der Waals surface area contributed by atoms with E-state index in [1.54, 1.807) is 0 Å². The molecule has 0 unspecified atom stereocenters. The van der Waals surface area contributed by atoms with E-state index in [1.807, 2.05) is 13.8 Å². The van der Waals surface area contributed by atoms with Crippen molar-refractivity contribution in [3.8, 4) is 0 Å². The molecule has 0 rings (SSSR count). The highest BCUT2D eigenvalue weighted by atomic mass is 16.4. The molecule has 60 valence electrons. The van der Waals surface area contributed by atoms with Gasteiger partial charge in [-0.1, -0.05) is 20.3 Å². The molecule has 0 heterocycles. The van der Waals surface area contributed by atoms with Gasteiger partial charge in [-0.15, -0.1) is 0 Å². The first-order chi connectivity index (χ1) is 4.63. The Morgan fingerprint density at radius 1 is 1.80 bits per heavy atom. The van der Waals surface area contributed by atoms with Gasteiger partial charge in [0.15, 0.2) is 0 Å². The van der Waals surface area contributed by atoms with Crippen LogP contribution in [0.25, 0.3) is 0 Å². The van der Waals surface area contributed by atoms with Crippen LogP contribution >= 0.6 is 0 Å². The summed E-state index contributed by atoms with van der Waals surface area (Å²) in [5.41, 5.74) is 2.25. The maximum absolute atomic E-state index is 10.4. The summed E-state index contributed by atoms with van der Waals surface area (Å²) in [6.45, 7) is 3.77. The maximum Gasteiger partial charge on any atom is 0.322 e. The Morgan fingerprint density at radius 2 is 2.30 bits per heavy atom. The topological polar surface area (TPSA) is 75.3 Å². The number of nitrogens with two attached hydrogens (primary N) is 1. The number of aliphatic carboxylic acids is 1. The lowest BCUT2D eigenvalue weighted by atomic mass is 10.0. The van der Waals surface area contributed by atoms with Crippen LogP contribution in [0, 0.1) is 5.92 Å². The first-order valence-corrected chi connectivity index (χ1v) is 3.32. The van der Waals surface area contributed by atoms with Crippen LogP contribution in [-0.2, 0) is 4.79 Å². The van der Waals surface area contributed by atoms with Gasteiger partial charge >= 0.3 is 5.97 Å². The van der Waals surface area contributed by atoms with E-state index >= 15 is 0 Å². The molecule has 0 radical (unpaired) electrons. The molecule has 0 aliphatic heterocycles. The molecule has 0 aliphatic carbocycles. The minimum Gasteiger partial charge on any atom is -0.480 e. The third-order valence-electron chi connectivity index (χ3n) is 1.66. The van der Waals surface area contributed by atoms with E-state index < -0.39 is 12.0 Å². The summed E-state index contributed by atoms with van der Waals surface area (Å²) in [6, 6.07) is -0.620. The van der Waals surface area contributed by atoms with Gasteiger partial charge in [-0.3, -0.25) is 10.6 Å². The second-order valence-corrected chi connectivity index (χ2v) is 2.37. The SMILES string of the molecule is CC[C@@H](C)[C@@H](NN)C(=O)O. The minimum atomic E-state index is -0.892. The van der Waals surface area contributed by atoms with Gasteiger partial charge in [0.25, 0.3) is 0 Å². The fourth-order valence-electron chi connectivity index (χ4n) is 0.715. The summed E-state index contributed by atoms with van der Waals surface area (Å²) in [4.78, 5) is 10.4. The second kappa shape index (κ2) is 4.24. The number of hydrogen-bond donors (Lipinski definition) is 3. The molecular weight excluding hydrogens is 132 g/mol. The van der Waals surface area contributed by atoms with Crippen LogP contribution in [0.3, 0.4) is 0 Å². The van der Waals surface area contributed by atoms with Crippen molar-refractivity contribution >= 4 is 5.97 Å². The molecule has 10 heavy (non-hydrogen) atoms. The first-order valence-electron chi connectivity index (χ1n) is 3.32. The first kappa shape index (κ1) is 9.39. The zero-order valence-corrected chi connectivity index (χ0v) is 6.29. The summed E-state index contributed by atoms with van der Waals surface area (Å²) in [7, 11) is 0. The van der Waals surface area contributed by atoms with Crippen LogP contribution in [0.15, 0.2) is 0 Å². The number of hydrazine groups is 1. The Kier molecular flexibility index (Phi) is 3.99. The fourth-order valence-corrected chi connectivity index (χ4v) is 0.715. The monoisotopic (exact) mass is 146 g/mol. The molecule has 4 heteroatoms. The molecule has 0 spiro atoms. The minimum absolute atomic E-state index is 0.0718. The summed E-state index contributed by atoms with van der Waals surface area (Å²) in [6.07, 6.45) is 0.807. The maximum atomic E-state index is 10.4. The molecule has 0 aliphatic rings. The van der Waals surface area contributed by atoms with E-state index in [0.717, 1.165) is 6.42 Å². The quantitative estimate of drug-likeness (QED) is 0.384. The molecule has 0 bridgehead atoms. The largest absolute Gasteiger partial charge is 0.480 e. The van der Waals surface area contributed by atoms with Gasteiger partial charge in [-0.2, -0.15) is 0 Å². The molecule has 4 nitrogen and oxygen atoms in total. The zero-order chi connectivity index (χ0) is 8.15. The Bertz CT molecular complexity index is 116. The highest BCUT2D eigenvalue weighted by Crippen LogP contribution is 2.05. The predicted octanol–water partition coefficient (Wildman–Crippen LogP) is -0.0510. The molecular formula is C6H14N2O2. The normalized spacial score (nSPS) is 16.3. The van der Waals surface area contributed by atoms with E-state index in [-0.39, 0.29) is 5.92 Å². The van der Waals surface area contributed by atoms with Gasteiger partial charge < -0.3 is 5.11 Å². The number of nitrogens with one attached hydrogen (secondary N) is 1. The third kappa shape index (κ3) is 2.33. The average Bonchev–Trinajstić information content (AvgIpc) is 1.88. The van der Waals surface area contributed by atoms with Crippen LogP contribution in [0.5, 0.6) is 0 Å². The summed E-state index contributed by atoms with van der Waals surface area (Å²) < 4.78 is 0. The number of hydrogen-bond acceptors (Lipinski definition) is 3. The van der Waals surface area contributed by atoms with Gasteiger partial charge in [0.1, 0.15) is 6.04 Å². The van der Waals surface area contributed by atoms with Gasteiger partial charge in [0, 0.05) is 0 Å². The van der Waals surface area contributed by atoms with Crippen molar-refractivity contribution in [2.45, 2.75) is 26.3 Å². The molecule has 0 saturated heterocycles. The van der Waals surface area contributed by atoms with Crippen LogP contribution in [0.1, 0.15) is 20.3 Å². The standard InChI is InChI=1S/C6H14N2O2/c1-3-4(2)5(8-7)6(9)10/h4-5,8H,3,7H2,1-2H3,(H,9,10)/t4-,5-/m1/s1. The van der Waals surface area contributed by atoms with Crippen LogP contribution in [-0.4, -0.2) is 17.1 Å². The summed E-state index contributed by atoms with van der Waals surface area (Å²) in [5, 5.41) is 8.53. The van der Waals surface area contributed by atoms with Crippen molar-refractivity contribution in [2.75, 3.05) is 0 Å². The third-order valence-corrected chi connectivity index (χ3v) is 1.66. The van der Waals surface area contributed by atoms with E-state index in [9.17, 15) is 4.79 Å². The smallest absolute Gasteiger partial charge is 0.322 e. The molecule has 0 aromatic rings. The van der Waals surface area contributed by atoms with Crippen molar-refractivity contribution in [3.05, 3.63) is 0 Å². The second-order valence-electron chi connectivity index (χ2n) is 2.37. The van der Waals surface area contributed by atoms with E-state index in [1.165, 1.54) is 0 Å². The van der Waals surface area contributed by atoms with Crippen LogP contribution < -0.4 is 11.3 Å². The van der Waals surface area contributed by atoms with Crippen LogP contribution in [0.4, 0.5) is 0 Å². The molecule has 4 N–H and O–H groups in total.